The maximum absolute atomic E-state index is 15.5. The van der Waals surface area contributed by atoms with Crippen molar-refractivity contribution in [3.05, 3.63) is 11.6 Å². The van der Waals surface area contributed by atoms with Crippen LogP contribution >= 0.6 is 0 Å². The zero-order valence-corrected chi connectivity index (χ0v) is 20.6. The quantitative estimate of drug-likeness (QED) is 0.251. The molecule has 0 aromatic carbocycles. The average Bonchev–Trinajstić information content (AvgIpc) is 3.47. The van der Waals surface area contributed by atoms with Crippen molar-refractivity contribution in [2.75, 3.05) is 44.1 Å². The molecule has 11 heteroatoms. The molecule has 190 valence electrons. The largest absolute Gasteiger partial charge is 0.352 e. The van der Waals surface area contributed by atoms with Gasteiger partial charge in [0.15, 0.2) is 11.6 Å². The van der Waals surface area contributed by atoms with Crippen molar-refractivity contribution < 1.29 is 19.2 Å². The van der Waals surface area contributed by atoms with Gasteiger partial charge >= 0.3 is 0 Å². The fourth-order valence-corrected chi connectivity index (χ4v) is 5.13. The van der Waals surface area contributed by atoms with E-state index in [4.69, 9.17) is 0 Å². The molecule has 2 amide bonds. The molecule has 0 spiro atoms. The Kier molecular flexibility index (Phi) is 9.01. The van der Waals surface area contributed by atoms with Gasteiger partial charge < -0.3 is 9.80 Å². The van der Waals surface area contributed by atoms with Crippen molar-refractivity contribution in [2.24, 2.45) is 17.8 Å². The van der Waals surface area contributed by atoms with E-state index in [0.717, 1.165) is 25.7 Å². The SMILES string of the molecule is CCc1nc(NNC(=O)[C@H](CC2CCCC2)CN(O)C=O)c(F)c(N2C[C@@H](C)[C@H](N(C)C)C2)n1. The lowest BCUT2D eigenvalue weighted by Crippen LogP contribution is -2.41. The number of aromatic nitrogens is 2. The van der Waals surface area contributed by atoms with Crippen molar-refractivity contribution >= 4 is 24.0 Å². The molecule has 1 aromatic heterocycles. The van der Waals surface area contributed by atoms with Gasteiger partial charge in [-0.05, 0) is 32.4 Å². The highest BCUT2D eigenvalue weighted by Gasteiger charge is 2.34. The molecule has 10 nitrogen and oxygen atoms in total. The summed E-state index contributed by atoms with van der Waals surface area (Å²) in [5, 5.41) is 10.1. The minimum Gasteiger partial charge on any atom is -0.352 e. The van der Waals surface area contributed by atoms with Gasteiger partial charge in [0.25, 0.3) is 0 Å². The number of nitrogens with one attached hydrogen (secondary N) is 2. The first-order chi connectivity index (χ1) is 16.2. The molecule has 0 unspecified atom stereocenters. The van der Waals surface area contributed by atoms with Gasteiger partial charge in [-0.2, -0.15) is 4.39 Å². The summed E-state index contributed by atoms with van der Waals surface area (Å²) in [7, 11) is 4.03. The fourth-order valence-electron chi connectivity index (χ4n) is 5.13. The molecule has 2 heterocycles. The highest BCUT2D eigenvalue weighted by atomic mass is 19.1. The maximum Gasteiger partial charge on any atom is 0.243 e. The number of halogens is 1. The van der Waals surface area contributed by atoms with E-state index in [0.29, 0.717) is 48.7 Å². The van der Waals surface area contributed by atoms with Gasteiger partial charge in [-0.15, -0.1) is 0 Å². The first-order valence-corrected chi connectivity index (χ1v) is 12.2. The molecule has 2 aliphatic rings. The van der Waals surface area contributed by atoms with E-state index in [1.165, 1.54) is 0 Å². The van der Waals surface area contributed by atoms with Crippen molar-refractivity contribution in [2.45, 2.75) is 58.4 Å². The van der Waals surface area contributed by atoms with Crippen molar-refractivity contribution in [3.8, 4) is 0 Å². The summed E-state index contributed by atoms with van der Waals surface area (Å²) in [6.07, 6.45) is 5.63. The number of hydrazine groups is 1. The third-order valence-corrected chi connectivity index (χ3v) is 7.03. The van der Waals surface area contributed by atoms with E-state index in [1.54, 1.807) is 0 Å². The number of nitrogens with zero attached hydrogens (tertiary/aromatic N) is 5. The predicted molar refractivity (Wildman–Crippen MR) is 127 cm³/mol. The summed E-state index contributed by atoms with van der Waals surface area (Å²) < 4.78 is 15.5. The Morgan fingerprint density at radius 3 is 2.59 bits per heavy atom. The highest BCUT2D eigenvalue weighted by molar-refractivity contribution is 5.80. The van der Waals surface area contributed by atoms with Gasteiger partial charge in [0.1, 0.15) is 5.82 Å². The van der Waals surface area contributed by atoms with Crippen LogP contribution in [0.5, 0.6) is 0 Å². The summed E-state index contributed by atoms with van der Waals surface area (Å²) in [5.41, 5.74) is 5.19. The zero-order chi connectivity index (χ0) is 24.8. The lowest BCUT2D eigenvalue weighted by atomic mass is 9.92. The zero-order valence-electron chi connectivity index (χ0n) is 20.6. The average molecular weight is 480 g/mol. The van der Waals surface area contributed by atoms with Crippen molar-refractivity contribution in [3.63, 3.8) is 0 Å². The van der Waals surface area contributed by atoms with Crippen LogP contribution in [-0.2, 0) is 16.0 Å². The Hall–Kier alpha value is -2.53. The van der Waals surface area contributed by atoms with E-state index in [-0.39, 0.29) is 30.6 Å². The van der Waals surface area contributed by atoms with Crippen molar-refractivity contribution in [1.29, 1.82) is 0 Å². The molecule has 34 heavy (non-hydrogen) atoms. The number of anilines is 2. The number of carbonyl (C=O) groups is 2. The van der Waals surface area contributed by atoms with E-state index in [1.807, 2.05) is 25.9 Å². The Balaban J connectivity index is 1.74. The van der Waals surface area contributed by atoms with Crippen LogP contribution < -0.4 is 15.8 Å². The third kappa shape index (κ3) is 6.32. The Bertz CT molecular complexity index is 850. The molecule has 0 radical (unpaired) electrons. The first-order valence-electron chi connectivity index (χ1n) is 12.2. The summed E-state index contributed by atoms with van der Waals surface area (Å²) in [5.74, 6) is -0.342. The predicted octanol–water partition coefficient (Wildman–Crippen LogP) is 2.05. The van der Waals surface area contributed by atoms with Gasteiger partial charge in [0.2, 0.25) is 18.1 Å². The second-order valence-electron chi connectivity index (χ2n) is 9.82. The molecule has 0 bridgehead atoms. The Morgan fingerprint density at radius 1 is 1.29 bits per heavy atom. The van der Waals surface area contributed by atoms with Gasteiger partial charge in [0.05, 0.1) is 12.5 Å². The van der Waals surface area contributed by atoms with Crippen LogP contribution in [0.1, 0.15) is 51.8 Å². The van der Waals surface area contributed by atoms with Crippen molar-refractivity contribution in [1.82, 2.24) is 25.4 Å². The second kappa shape index (κ2) is 11.7. The molecule has 1 saturated carbocycles. The van der Waals surface area contributed by atoms with E-state index < -0.39 is 17.6 Å². The topological polar surface area (TPSA) is 114 Å². The smallest absolute Gasteiger partial charge is 0.243 e. The molecular formula is C23H38FN7O3. The van der Waals surface area contributed by atoms with Crippen LogP contribution in [-0.4, -0.2) is 77.2 Å². The normalized spacial score (nSPS) is 21.7. The monoisotopic (exact) mass is 479 g/mol. The summed E-state index contributed by atoms with van der Waals surface area (Å²) in [6, 6.07) is 0.283. The van der Waals surface area contributed by atoms with Gasteiger partial charge in [-0.3, -0.25) is 25.6 Å². The van der Waals surface area contributed by atoms with Crippen LogP contribution in [0.3, 0.4) is 0 Å². The van der Waals surface area contributed by atoms with Crippen LogP contribution in [0.15, 0.2) is 0 Å². The number of hydrogen-bond acceptors (Lipinski definition) is 8. The molecule has 1 aromatic rings. The van der Waals surface area contributed by atoms with E-state index in [9.17, 15) is 14.8 Å². The number of likely N-dealkylation sites (N-methyl/N-ethyl adjacent to an activating group) is 1. The number of aryl methyl sites for hydroxylation is 1. The molecule has 1 aliphatic carbocycles. The summed E-state index contributed by atoms with van der Waals surface area (Å²) in [6.45, 7) is 5.23. The Morgan fingerprint density at radius 2 is 2.00 bits per heavy atom. The van der Waals surface area contributed by atoms with Gasteiger partial charge in [0, 0.05) is 25.6 Å². The lowest BCUT2D eigenvalue weighted by molar-refractivity contribution is -0.154. The molecular weight excluding hydrogens is 441 g/mol. The fraction of sp³-hybridized carbons (Fsp3) is 0.739. The summed E-state index contributed by atoms with van der Waals surface area (Å²) >= 11 is 0. The molecule has 3 N–H and O–H groups in total. The standard InChI is InChI=1S/C23H38FN7O3/c1-5-19-25-21(20(24)22(26-19)30-11-15(2)18(13-30)29(3)4)27-28-23(33)17(12-31(34)14-32)10-16-8-6-7-9-16/h14-18,34H,5-13H2,1-4H3,(H,28,33)(H,25,26,27)/t15-,17-,18-/m1/s1. The molecule has 3 atom stereocenters. The van der Waals surface area contributed by atoms with Gasteiger partial charge in [-0.1, -0.05) is 39.5 Å². The van der Waals surface area contributed by atoms with Crippen LogP contribution in [0.25, 0.3) is 0 Å². The maximum atomic E-state index is 15.5. The Labute approximate surface area is 200 Å². The van der Waals surface area contributed by atoms with E-state index >= 15 is 4.39 Å². The third-order valence-electron chi connectivity index (χ3n) is 7.03. The molecule has 3 rings (SSSR count). The van der Waals surface area contributed by atoms with Crippen LogP contribution in [0.2, 0.25) is 0 Å². The van der Waals surface area contributed by atoms with E-state index in [2.05, 4.69) is 32.6 Å². The molecule has 1 saturated heterocycles. The summed E-state index contributed by atoms with van der Waals surface area (Å²) in [4.78, 5) is 36.6. The number of carbonyl (C=O) groups excluding carboxylic acids is 2. The lowest BCUT2D eigenvalue weighted by Gasteiger charge is -2.24. The van der Waals surface area contributed by atoms with Crippen LogP contribution in [0, 0.1) is 23.6 Å². The molecule has 2 fully saturated rings. The number of hydroxylamine groups is 2. The second-order valence-corrected chi connectivity index (χ2v) is 9.82. The minimum absolute atomic E-state index is 0.0907. The number of amides is 2. The number of hydrogen-bond donors (Lipinski definition) is 3. The first kappa shape index (κ1) is 26.1. The number of rotatable bonds is 11. The molecule has 1 aliphatic heterocycles. The highest BCUT2D eigenvalue weighted by Crippen LogP contribution is 2.31. The van der Waals surface area contributed by atoms with Gasteiger partial charge in [-0.25, -0.2) is 15.0 Å². The minimum atomic E-state index is -0.624. The van der Waals surface area contributed by atoms with Crippen LogP contribution in [0.4, 0.5) is 16.0 Å².